The number of aliphatic hydroxyl groups is 2. The standard InChI is InChI=1S/C27H26N2O5/c30-20-8-6-19(7-9-20)22-17-34-27-21(23(31)14-24(32)25(27)26(22)33)16-29-12-10-28(11-13-29)15-18-4-2-1-3-5-18/h1-9,14,16-17,27,30-31,33H,10-13,15H2/b21-16-. The Balaban J connectivity index is 1.34. The van der Waals surface area contributed by atoms with Crippen LogP contribution in [0.5, 0.6) is 5.75 Å². The summed E-state index contributed by atoms with van der Waals surface area (Å²) in [6.07, 6.45) is 3.46. The van der Waals surface area contributed by atoms with Gasteiger partial charge >= 0.3 is 0 Å². The van der Waals surface area contributed by atoms with E-state index in [2.05, 4.69) is 21.9 Å². The average Bonchev–Trinajstić information content (AvgIpc) is 2.84. The van der Waals surface area contributed by atoms with Crippen LogP contribution < -0.4 is 0 Å². The minimum absolute atomic E-state index is 0.0948. The maximum atomic E-state index is 12.7. The average molecular weight is 459 g/mol. The summed E-state index contributed by atoms with van der Waals surface area (Å²) in [6.45, 7) is 4.16. The largest absolute Gasteiger partial charge is 0.508 e. The molecule has 0 radical (unpaired) electrons. The molecule has 1 unspecified atom stereocenters. The predicted octanol–water partition coefficient (Wildman–Crippen LogP) is 3.67. The molecule has 174 valence electrons. The van der Waals surface area contributed by atoms with Gasteiger partial charge in [-0.1, -0.05) is 42.5 Å². The van der Waals surface area contributed by atoms with Crippen LogP contribution in [0.25, 0.3) is 5.57 Å². The third kappa shape index (κ3) is 4.30. The topological polar surface area (TPSA) is 93.5 Å². The zero-order valence-electron chi connectivity index (χ0n) is 18.6. The van der Waals surface area contributed by atoms with E-state index in [1.54, 1.807) is 12.1 Å². The highest BCUT2D eigenvalue weighted by atomic mass is 16.5. The lowest BCUT2D eigenvalue weighted by molar-refractivity contribution is -0.112. The van der Waals surface area contributed by atoms with Gasteiger partial charge in [-0.25, -0.2) is 0 Å². The first-order valence-electron chi connectivity index (χ1n) is 11.3. The van der Waals surface area contributed by atoms with Crippen LogP contribution in [0.3, 0.4) is 0 Å². The number of aromatic hydroxyl groups is 1. The number of aliphatic hydroxyl groups excluding tert-OH is 2. The van der Waals surface area contributed by atoms with Gasteiger partial charge in [0.15, 0.2) is 11.9 Å². The number of ether oxygens (including phenoxy) is 1. The summed E-state index contributed by atoms with van der Waals surface area (Å²) < 4.78 is 5.88. The van der Waals surface area contributed by atoms with Crippen LogP contribution in [0.4, 0.5) is 0 Å². The molecule has 1 fully saturated rings. The maximum absolute atomic E-state index is 12.7. The SMILES string of the molecule is O=C1C=C(O)/C(=C/N2CCN(Cc3ccccc3)CC2)C2OC=C(c3ccc(O)cc3)C(O)=C12. The quantitative estimate of drug-likeness (QED) is 0.644. The fourth-order valence-electron chi connectivity index (χ4n) is 4.49. The Morgan fingerprint density at radius 3 is 2.35 bits per heavy atom. The number of carbonyl (C=O) groups is 1. The molecule has 3 N–H and O–H groups in total. The minimum atomic E-state index is -0.888. The van der Waals surface area contributed by atoms with Crippen LogP contribution in [0.15, 0.2) is 95.8 Å². The van der Waals surface area contributed by atoms with Crippen LogP contribution in [-0.4, -0.2) is 63.2 Å². The fraction of sp³-hybridized carbons (Fsp3) is 0.222. The van der Waals surface area contributed by atoms with E-state index < -0.39 is 11.9 Å². The molecule has 2 aliphatic heterocycles. The van der Waals surface area contributed by atoms with Gasteiger partial charge in [0, 0.05) is 45.0 Å². The summed E-state index contributed by atoms with van der Waals surface area (Å²) in [4.78, 5) is 17.2. The molecule has 7 nitrogen and oxygen atoms in total. The van der Waals surface area contributed by atoms with E-state index in [4.69, 9.17) is 4.74 Å². The Hall–Kier alpha value is -3.97. The number of hydrogen-bond acceptors (Lipinski definition) is 7. The number of phenols is 1. The molecule has 0 saturated carbocycles. The molecular formula is C27H26N2O5. The second-order valence-corrected chi connectivity index (χ2v) is 8.63. The zero-order valence-corrected chi connectivity index (χ0v) is 18.6. The minimum Gasteiger partial charge on any atom is -0.508 e. The van der Waals surface area contributed by atoms with Crippen LogP contribution in [0.1, 0.15) is 11.1 Å². The first-order chi connectivity index (χ1) is 16.5. The molecule has 7 heteroatoms. The molecule has 1 atom stereocenters. The van der Waals surface area contributed by atoms with Crippen LogP contribution in [0.2, 0.25) is 0 Å². The monoisotopic (exact) mass is 458 g/mol. The van der Waals surface area contributed by atoms with Crippen molar-refractivity contribution >= 4 is 11.4 Å². The first kappa shape index (κ1) is 21.9. The van der Waals surface area contributed by atoms with Crippen molar-refractivity contribution in [1.29, 1.82) is 0 Å². The Morgan fingerprint density at radius 1 is 0.941 bits per heavy atom. The number of piperazine rings is 1. The summed E-state index contributed by atoms with van der Waals surface area (Å²) in [7, 11) is 0. The van der Waals surface area contributed by atoms with Crippen LogP contribution >= 0.6 is 0 Å². The van der Waals surface area contributed by atoms with Crippen molar-refractivity contribution in [2.45, 2.75) is 12.6 Å². The lowest BCUT2D eigenvalue weighted by Crippen LogP contribution is -2.44. The normalized spacial score (nSPS) is 22.2. The van der Waals surface area contributed by atoms with Gasteiger partial charge in [0.25, 0.3) is 0 Å². The van der Waals surface area contributed by atoms with Crippen molar-refractivity contribution in [3.8, 4) is 5.75 Å². The Bertz CT molecular complexity index is 1200. The van der Waals surface area contributed by atoms with E-state index in [0.717, 1.165) is 38.8 Å². The van der Waals surface area contributed by atoms with E-state index in [-0.39, 0.29) is 22.8 Å². The Morgan fingerprint density at radius 2 is 1.65 bits per heavy atom. The summed E-state index contributed by atoms with van der Waals surface area (Å²) in [5.41, 5.74) is 2.77. The lowest BCUT2D eigenvalue weighted by Gasteiger charge is -2.36. The molecule has 5 rings (SSSR count). The van der Waals surface area contributed by atoms with E-state index in [9.17, 15) is 20.1 Å². The van der Waals surface area contributed by atoms with Gasteiger partial charge in [-0.3, -0.25) is 9.69 Å². The lowest BCUT2D eigenvalue weighted by atomic mass is 9.86. The number of nitrogens with zero attached hydrogens (tertiary/aromatic N) is 2. The molecule has 2 aromatic rings. The molecule has 2 heterocycles. The molecule has 3 aliphatic rings. The smallest absolute Gasteiger partial charge is 0.193 e. The van der Waals surface area contributed by atoms with E-state index in [1.807, 2.05) is 24.4 Å². The number of allylic oxidation sites excluding steroid dienone is 2. The number of phenolic OH excluding ortho intramolecular Hbond substituents is 1. The van der Waals surface area contributed by atoms with E-state index >= 15 is 0 Å². The second kappa shape index (κ2) is 9.11. The third-order valence-electron chi connectivity index (χ3n) is 6.36. The van der Waals surface area contributed by atoms with Crippen molar-refractivity contribution < 1.29 is 24.9 Å². The van der Waals surface area contributed by atoms with Gasteiger partial charge < -0.3 is 25.0 Å². The Labute approximate surface area is 197 Å². The van der Waals surface area contributed by atoms with Crippen molar-refractivity contribution in [3.05, 3.63) is 107 Å². The highest BCUT2D eigenvalue weighted by molar-refractivity contribution is 6.10. The van der Waals surface area contributed by atoms with Gasteiger partial charge in [-0.2, -0.15) is 0 Å². The maximum Gasteiger partial charge on any atom is 0.193 e. The summed E-state index contributed by atoms with van der Waals surface area (Å²) >= 11 is 0. The Kier molecular flexibility index (Phi) is 5.86. The van der Waals surface area contributed by atoms with Crippen LogP contribution in [-0.2, 0) is 16.1 Å². The number of hydrogen-bond donors (Lipinski definition) is 3. The van der Waals surface area contributed by atoms with E-state index in [0.29, 0.717) is 16.7 Å². The van der Waals surface area contributed by atoms with E-state index in [1.165, 1.54) is 24.0 Å². The summed E-state index contributed by atoms with van der Waals surface area (Å²) in [5.74, 6) is -0.731. The highest BCUT2D eigenvalue weighted by Gasteiger charge is 2.39. The number of carbonyl (C=O) groups excluding carboxylic acids is 1. The summed E-state index contributed by atoms with van der Waals surface area (Å²) in [5, 5.41) is 31.0. The molecule has 34 heavy (non-hydrogen) atoms. The first-order valence-corrected chi connectivity index (χ1v) is 11.3. The molecule has 2 aromatic carbocycles. The number of fused-ring (bicyclic) bond motifs is 1. The van der Waals surface area contributed by atoms with Crippen molar-refractivity contribution in [2.24, 2.45) is 0 Å². The highest BCUT2D eigenvalue weighted by Crippen LogP contribution is 2.38. The molecular weight excluding hydrogens is 432 g/mol. The third-order valence-corrected chi connectivity index (χ3v) is 6.36. The van der Waals surface area contributed by atoms with Gasteiger partial charge in [-0.15, -0.1) is 0 Å². The second-order valence-electron chi connectivity index (χ2n) is 8.63. The van der Waals surface area contributed by atoms with Crippen molar-refractivity contribution in [2.75, 3.05) is 26.2 Å². The zero-order chi connectivity index (χ0) is 23.7. The molecule has 1 aliphatic carbocycles. The van der Waals surface area contributed by atoms with Crippen molar-refractivity contribution in [3.63, 3.8) is 0 Å². The van der Waals surface area contributed by atoms with Crippen LogP contribution in [0, 0.1) is 0 Å². The molecule has 1 saturated heterocycles. The molecule has 0 spiro atoms. The molecule has 0 aromatic heterocycles. The number of benzene rings is 2. The molecule has 0 amide bonds. The van der Waals surface area contributed by atoms with Gasteiger partial charge in [0.05, 0.1) is 23.0 Å². The predicted molar refractivity (Wildman–Crippen MR) is 128 cm³/mol. The van der Waals surface area contributed by atoms with Gasteiger partial charge in [0.2, 0.25) is 0 Å². The number of rotatable bonds is 4. The molecule has 0 bridgehead atoms. The van der Waals surface area contributed by atoms with Crippen molar-refractivity contribution in [1.82, 2.24) is 9.80 Å². The number of ketones is 1. The summed E-state index contributed by atoms with van der Waals surface area (Å²) in [6, 6.07) is 16.6. The fourth-order valence-corrected chi connectivity index (χ4v) is 4.49. The van der Waals surface area contributed by atoms with Gasteiger partial charge in [0.1, 0.15) is 17.3 Å². The van der Waals surface area contributed by atoms with Gasteiger partial charge in [-0.05, 0) is 23.3 Å².